The fourth-order valence-electron chi connectivity index (χ4n) is 1.95. The van der Waals surface area contributed by atoms with E-state index < -0.39 is 0 Å². The van der Waals surface area contributed by atoms with Gasteiger partial charge in [0.25, 0.3) is 0 Å². The van der Waals surface area contributed by atoms with Crippen molar-refractivity contribution >= 4 is 42.8 Å². The maximum absolute atomic E-state index is 5.94. The van der Waals surface area contributed by atoms with Gasteiger partial charge in [-0.3, -0.25) is 0 Å². The summed E-state index contributed by atoms with van der Waals surface area (Å²) in [6.45, 7) is 5.23. The second kappa shape index (κ2) is 6.29. The van der Waals surface area contributed by atoms with E-state index in [1.165, 1.54) is 0 Å². The first-order valence-corrected chi connectivity index (χ1v) is 7.85. The van der Waals surface area contributed by atoms with Crippen LogP contribution in [0.5, 0.6) is 5.75 Å². The predicted octanol–water partition coefficient (Wildman–Crippen LogP) is 5.03. The molecule has 1 N–H and O–H groups in total. The molecule has 0 aliphatic heterocycles. The molecule has 0 saturated carbocycles. The van der Waals surface area contributed by atoms with Gasteiger partial charge < -0.3 is 14.5 Å². The van der Waals surface area contributed by atoms with Gasteiger partial charge in [-0.05, 0) is 63.9 Å². The number of fused-ring (bicyclic) bond motifs is 1. The van der Waals surface area contributed by atoms with Crippen LogP contribution >= 0.6 is 31.9 Å². The summed E-state index contributed by atoms with van der Waals surface area (Å²) in [5.41, 5.74) is 0.841. The highest BCUT2D eigenvalue weighted by Crippen LogP contribution is 2.40. The van der Waals surface area contributed by atoms with E-state index in [9.17, 15) is 0 Å². The molecule has 104 valence electrons. The van der Waals surface area contributed by atoms with E-state index in [1.54, 1.807) is 7.11 Å². The summed E-state index contributed by atoms with van der Waals surface area (Å²) < 4.78 is 13.1. The average molecular weight is 391 g/mol. The van der Waals surface area contributed by atoms with Crippen LogP contribution < -0.4 is 10.1 Å². The molecule has 0 aliphatic rings. The number of halogens is 2. The van der Waals surface area contributed by atoms with Gasteiger partial charge in [-0.15, -0.1) is 0 Å². The number of ether oxygens (including phenoxy) is 1. The normalized spacial score (nSPS) is 12.9. The van der Waals surface area contributed by atoms with Gasteiger partial charge in [0.1, 0.15) is 17.1 Å². The molecule has 0 saturated heterocycles. The molecule has 0 aliphatic carbocycles. The SMILES string of the molecule is CCCNC(C)c1cc2c(Br)c(OC)cc(Br)c2o1. The first kappa shape index (κ1) is 14.9. The Morgan fingerprint density at radius 1 is 1.37 bits per heavy atom. The maximum Gasteiger partial charge on any atom is 0.149 e. The number of methoxy groups -OCH3 is 1. The van der Waals surface area contributed by atoms with E-state index in [2.05, 4.69) is 57.1 Å². The molecule has 2 rings (SSSR count). The van der Waals surface area contributed by atoms with Gasteiger partial charge in [0.05, 0.1) is 22.1 Å². The molecule has 2 aromatic rings. The average Bonchev–Trinajstić information content (AvgIpc) is 2.86. The predicted molar refractivity (Wildman–Crippen MR) is 84.9 cm³/mol. The van der Waals surface area contributed by atoms with Crippen LogP contribution in [-0.4, -0.2) is 13.7 Å². The molecule has 0 fully saturated rings. The lowest BCUT2D eigenvalue weighted by molar-refractivity contribution is 0.412. The van der Waals surface area contributed by atoms with Crippen molar-refractivity contribution in [3.05, 3.63) is 26.8 Å². The Kier molecular flexibility index (Phi) is 4.92. The number of hydrogen-bond donors (Lipinski definition) is 1. The van der Waals surface area contributed by atoms with Crippen LogP contribution in [-0.2, 0) is 0 Å². The smallest absolute Gasteiger partial charge is 0.149 e. The number of hydrogen-bond acceptors (Lipinski definition) is 3. The molecule has 19 heavy (non-hydrogen) atoms. The third-order valence-electron chi connectivity index (χ3n) is 3.03. The van der Waals surface area contributed by atoms with Crippen molar-refractivity contribution in [2.24, 2.45) is 0 Å². The summed E-state index contributed by atoms with van der Waals surface area (Å²) in [5, 5.41) is 4.44. The summed E-state index contributed by atoms with van der Waals surface area (Å²) in [4.78, 5) is 0. The van der Waals surface area contributed by atoms with Crippen LogP contribution in [0.25, 0.3) is 11.0 Å². The lowest BCUT2D eigenvalue weighted by Gasteiger charge is -2.09. The van der Waals surface area contributed by atoms with E-state index in [0.29, 0.717) is 0 Å². The Hall–Kier alpha value is -0.520. The van der Waals surface area contributed by atoms with Crippen LogP contribution in [0, 0.1) is 0 Å². The molecule has 1 aromatic heterocycles. The second-order valence-electron chi connectivity index (χ2n) is 4.44. The van der Waals surface area contributed by atoms with E-state index in [-0.39, 0.29) is 6.04 Å². The molecule has 3 nitrogen and oxygen atoms in total. The highest BCUT2D eigenvalue weighted by Gasteiger charge is 2.17. The van der Waals surface area contributed by atoms with Crippen LogP contribution in [0.15, 0.2) is 25.5 Å². The van der Waals surface area contributed by atoms with Crippen molar-refractivity contribution < 1.29 is 9.15 Å². The minimum absolute atomic E-state index is 0.192. The Bertz CT molecular complexity index is 580. The topological polar surface area (TPSA) is 34.4 Å². The van der Waals surface area contributed by atoms with Crippen molar-refractivity contribution in [2.75, 3.05) is 13.7 Å². The molecule has 1 unspecified atom stereocenters. The molecule has 1 heterocycles. The highest BCUT2D eigenvalue weighted by molar-refractivity contribution is 9.11. The van der Waals surface area contributed by atoms with E-state index >= 15 is 0 Å². The fraction of sp³-hybridized carbons (Fsp3) is 0.429. The summed E-state index contributed by atoms with van der Waals surface area (Å²) >= 11 is 7.09. The van der Waals surface area contributed by atoms with Crippen molar-refractivity contribution in [2.45, 2.75) is 26.3 Å². The van der Waals surface area contributed by atoms with Gasteiger partial charge in [-0.1, -0.05) is 6.92 Å². The van der Waals surface area contributed by atoms with E-state index in [1.807, 2.05) is 6.07 Å². The number of nitrogens with one attached hydrogen (secondary N) is 1. The molecule has 0 bridgehead atoms. The molecule has 0 spiro atoms. The molecule has 0 radical (unpaired) electrons. The number of rotatable bonds is 5. The monoisotopic (exact) mass is 389 g/mol. The maximum atomic E-state index is 5.94. The van der Waals surface area contributed by atoms with Gasteiger partial charge in [0, 0.05) is 5.39 Å². The summed E-state index contributed by atoms with van der Waals surface area (Å²) in [6, 6.07) is 4.15. The van der Waals surface area contributed by atoms with Crippen molar-refractivity contribution in [1.82, 2.24) is 5.32 Å². The third-order valence-corrected chi connectivity index (χ3v) is 4.43. The van der Waals surface area contributed by atoms with Crippen molar-refractivity contribution in [1.29, 1.82) is 0 Å². The minimum atomic E-state index is 0.192. The first-order valence-electron chi connectivity index (χ1n) is 6.27. The van der Waals surface area contributed by atoms with Crippen LogP contribution in [0.3, 0.4) is 0 Å². The fourth-order valence-corrected chi connectivity index (χ4v) is 3.02. The van der Waals surface area contributed by atoms with Crippen LogP contribution in [0.4, 0.5) is 0 Å². The lowest BCUT2D eigenvalue weighted by atomic mass is 10.2. The second-order valence-corrected chi connectivity index (χ2v) is 6.09. The molecule has 1 aromatic carbocycles. The Labute approximate surface area is 129 Å². The molecule has 5 heteroatoms. The standard InChI is InChI=1S/C14H17Br2NO2/c1-4-5-17-8(2)11-6-9-13(16)12(18-3)7-10(15)14(9)19-11/h6-8,17H,4-5H2,1-3H3. The first-order chi connectivity index (χ1) is 9.08. The van der Waals surface area contributed by atoms with E-state index in [0.717, 1.165) is 44.4 Å². The minimum Gasteiger partial charge on any atom is -0.496 e. The van der Waals surface area contributed by atoms with Gasteiger partial charge in [0.15, 0.2) is 0 Å². The van der Waals surface area contributed by atoms with Crippen LogP contribution in [0.2, 0.25) is 0 Å². The Morgan fingerprint density at radius 2 is 2.11 bits per heavy atom. The van der Waals surface area contributed by atoms with Crippen LogP contribution in [0.1, 0.15) is 32.1 Å². The number of furan rings is 1. The molecule has 1 atom stereocenters. The number of benzene rings is 1. The zero-order valence-electron chi connectivity index (χ0n) is 11.2. The molecular formula is C14H17Br2NO2. The van der Waals surface area contributed by atoms with E-state index in [4.69, 9.17) is 9.15 Å². The quantitative estimate of drug-likeness (QED) is 0.777. The summed E-state index contributed by atoms with van der Waals surface area (Å²) in [5.74, 6) is 1.72. The lowest BCUT2D eigenvalue weighted by Crippen LogP contribution is -2.18. The largest absolute Gasteiger partial charge is 0.496 e. The van der Waals surface area contributed by atoms with Crippen molar-refractivity contribution in [3.8, 4) is 5.75 Å². The zero-order chi connectivity index (χ0) is 14.0. The van der Waals surface area contributed by atoms with Gasteiger partial charge in [-0.2, -0.15) is 0 Å². The molecule has 0 amide bonds. The van der Waals surface area contributed by atoms with Crippen molar-refractivity contribution in [3.63, 3.8) is 0 Å². The Balaban J connectivity index is 2.45. The van der Waals surface area contributed by atoms with Gasteiger partial charge in [0.2, 0.25) is 0 Å². The highest BCUT2D eigenvalue weighted by atomic mass is 79.9. The molecular weight excluding hydrogens is 374 g/mol. The third kappa shape index (κ3) is 2.98. The summed E-state index contributed by atoms with van der Waals surface area (Å²) in [7, 11) is 1.66. The summed E-state index contributed by atoms with van der Waals surface area (Å²) in [6.07, 6.45) is 1.10. The zero-order valence-corrected chi connectivity index (χ0v) is 14.4. The van der Waals surface area contributed by atoms with Gasteiger partial charge in [-0.25, -0.2) is 0 Å². The Morgan fingerprint density at radius 3 is 2.74 bits per heavy atom. The van der Waals surface area contributed by atoms with Gasteiger partial charge >= 0.3 is 0 Å².